The van der Waals surface area contributed by atoms with E-state index < -0.39 is 11.8 Å². The lowest BCUT2D eigenvalue weighted by molar-refractivity contribution is -0.131. The fraction of sp³-hybridized carbons (Fsp3) is 0.417. The first-order valence-corrected chi connectivity index (χ1v) is 11.0. The number of hydrogen-bond donors (Lipinski definition) is 2. The van der Waals surface area contributed by atoms with Gasteiger partial charge >= 0.3 is 0 Å². The summed E-state index contributed by atoms with van der Waals surface area (Å²) in [6.07, 6.45) is 0. The van der Waals surface area contributed by atoms with Crippen molar-refractivity contribution in [3.63, 3.8) is 0 Å². The fourth-order valence-corrected chi connectivity index (χ4v) is 3.16. The normalized spacial score (nSPS) is 11.2. The molecule has 2 rings (SSSR count). The zero-order valence-electron chi connectivity index (χ0n) is 19.0. The van der Waals surface area contributed by atoms with Crippen molar-refractivity contribution in [2.75, 3.05) is 13.2 Å². The average molecular weight is 491 g/mol. The van der Waals surface area contributed by atoms with Crippen molar-refractivity contribution < 1.29 is 19.1 Å². The van der Waals surface area contributed by atoms with E-state index in [1.165, 1.54) is 5.56 Å². The SMILES string of the molecule is Cc1cc(OCC(=O)NNC(=O)COc2ccc(C(C)(C)C)cc2)c(C(C)C)cc1Br. The Morgan fingerprint density at radius 1 is 0.968 bits per heavy atom. The Labute approximate surface area is 192 Å². The van der Waals surface area contributed by atoms with Gasteiger partial charge in [0.15, 0.2) is 13.2 Å². The summed E-state index contributed by atoms with van der Waals surface area (Å²) in [5, 5.41) is 0. The van der Waals surface area contributed by atoms with Crippen molar-refractivity contribution in [3.8, 4) is 11.5 Å². The first kappa shape index (κ1) is 24.7. The molecule has 0 saturated carbocycles. The van der Waals surface area contributed by atoms with E-state index in [0.717, 1.165) is 15.6 Å². The molecule has 0 fully saturated rings. The summed E-state index contributed by atoms with van der Waals surface area (Å²) >= 11 is 3.52. The highest BCUT2D eigenvalue weighted by atomic mass is 79.9. The number of halogens is 1. The van der Waals surface area contributed by atoms with Gasteiger partial charge in [0, 0.05) is 4.47 Å². The van der Waals surface area contributed by atoms with Gasteiger partial charge < -0.3 is 9.47 Å². The number of rotatable bonds is 7. The molecule has 0 atom stereocenters. The Balaban J connectivity index is 1.79. The van der Waals surface area contributed by atoms with Gasteiger partial charge in [0.2, 0.25) is 0 Å². The summed E-state index contributed by atoms with van der Waals surface area (Å²) in [6.45, 7) is 12.0. The molecule has 6 nitrogen and oxygen atoms in total. The second kappa shape index (κ2) is 10.7. The highest BCUT2D eigenvalue weighted by Gasteiger charge is 2.14. The number of benzene rings is 2. The fourth-order valence-electron chi connectivity index (χ4n) is 2.80. The molecule has 2 amide bonds. The molecule has 0 radical (unpaired) electrons. The molecule has 0 saturated heterocycles. The van der Waals surface area contributed by atoms with Crippen LogP contribution in [0.3, 0.4) is 0 Å². The van der Waals surface area contributed by atoms with Crippen molar-refractivity contribution in [2.24, 2.45) is 0 Å². The van der Waals surface area contributed by atoms with E-state index in [2.05, 4.69) is 61.4 Å². The van der Waals surface area contributed by atoms with Gasteiger partial charge in [-0.05, 0) is 59.2 Å². The quantitative estimate of drug-likeness (QED) is 0.547. The predicted molar refractivity (Wildman–Crippen MR) is 125 cm³/mol. The maximum absolute atomic E-state index is 12.1. The highest BCUT2D eigenvalue weighted by molar-refractivity contribution is 9.10. The average Bonchev–Trinajstić information content (AvgIpc) is 2.70. The Bertz CT molecular complexity index is 918. The molecule has 0 unspecified atom stereocenters. The number of ether oxygens (including phenoxy) is 2. The lowest BCUT2D eigenvalue weighted by Crippen LogP contribution is -2.45. The Morgan fingerprint density at radius 3 is 2.03 bits per heavy atom. The minimum absolute atomic E-state index is 0.0487. The van der Waals surface area contributed by atoms with Crippen molar-refractivity contribution in [3.05, 3.63) is 57.6 Å². The molecule has 0 spiro atoms. The largest absolute Gasteiger partial charge is 0.484 e. The van der Waals surface area contributed by atoms with E-state index in [1.807, 2.05) is 43.3 Å². The lowest BCUT2D eigenvalue weighted by Gasteiger charge is -2.19. The Kier molecular flexibility index (Phi) is 8.51. The summed E-state index contributed by atoms with van der Waals surface area (Å²) in [6, 6.07) is 11.5. The number of carbonyl (C=O) groups is 2. The van der Waals surface area contributed by atoms with E-state index in [0.29, 0.717) is 11.5 Å². The highest BCUT2D eigenvalue weighted by Crippen LogP contribution is 2.32. The van der Waals surface area contributed by atoms with Crippen LogP contribution in [0.25, 0.3) is 0 Å². The number of carbonyl (C=O) groups excluding carboxylic acids is 2. The zero-order chi connectivity index (χ0) is 23.2. The van der Waals surface area contributed by atoms with E-state index >= 15 is 0 Å². The van der Waals surface area contributed by atoms with Crippen LogP contribution in [0.1, 0.15) is 57.2 Å². The molecule has 0 bridgehead atoms. The Hall–Kier alpha value is -2.54. The van der Waals surface area contributed by atoms with Crippen molar-refractivity contribution in [1.29, 1.82) is 0 Å². The van der Waals surface area contributed by atoms with Crippen molar-refractivity contribution in [1.82, 2.24) is 10.9 Å². The van der Waals surface area contributed by atoms with Crippen LogP contribution in [0.2, 0.25) is 0 Å². The van der Waals surface area contributed by atoms with E-state index in [9.17, 15) is 9.59 Å². The molecule has 0 aliphatic carbocycles. The second-order valence-corrected chi connectivity index (χ2v) is 9.60. The third kappa shape index (κ3) is 7.58. The summed E-state index contributed by atoms with van der Waals surface area (Å²) in [5.74, 6) is 0.557. The maximum Gasteiger partial charge on any atom is 0.276 e. The first-order valence-electron chi connectivity index (χ1n) is 10.2. The third-order valence-corrected chi connectivity index (χ3v) is 5.56. The first-order chi connectivity index (χ1) is 14.5. The van der Waals surface area contributed by atoms with E-state index in [4.69, 9.17) is 9.47 Å². The summed E-state index contributed by atoms with van der Waals surface area (Å²) in [5.41, 5.74) is 7.91. The van der Waals surface area contributed by atoms with Crippen LogP contribution in [0, 0.1) is 6.92 Å². The maximum atomic E-state index is 12.1. The summed E-state index contributed by atoms with van der Waals surface area (Å²) in [7, 11) is 0. The van der Waals surface area contributed by atoms with Gasteiger partial charge in [-0.1, -0.05) is 62.7 Å². The molecule has 168 valence electrons. The van der Waals surface area contributed by atoms with Crippen molar-refractivity contribution >= 4 is 27.7 Å². The number of amides is 2. The van der Waals surface area contributed by atoms with Crippen LogP contribution < -0.4 is 20.3 Å². The number of hydrogen-bond acceptors (Lipinski definition) is 4. The third-order valence-electron chi connectivity index (χ3n) is 4.70. The molecule has 7 heteroatoms. The Morgan fingerprint density at radius 2 is 1.52 bits per heavy atom. The van der Waals surface area contributed by atoms with Crippen LogP contribution in [-0.4, -0.2) is 25.0 Å². The summed E-state index contributed by atoms with van der Waals surface area (Å²) in [4.78, 5) is 24.0. The molecule has 0 heterocycles. The molecule has 0 aliphatic heterocycles. The summed E-state index contributed by atoms with van der Waals surface area (Å²) < 4.78 is 12.1. The van der Waals surface area contributed by atoms with Crippen LogP contribution in [0.4, 0.5) is 0 Å². The molecule has 2 aromatic rings. The van der Waals surface area contributed by atoms with Gasteiger partial charge in [-0.3, -0.25) is 20.4 Å². The number of nitrogens with one attached hydrogen (secondary N) is 2. The van der Waals surface area contributed by atoms with E-state index in [-0.39, 0.29) is 24.5 Å². The smallest absolute Gasteiger partial charge is 0.276 e. The molecule has 31 heavy (non-hydrogen) atoms. The molecular weight excluding hydrogens is 460 g/mol. The van der Waals surface area contributed by atoms with Gasteiger partial charge in [-0.2, -0.15) is 0 Å². The molecule has 2 N–H and O–H groups in total. The number of hydrazine groups is 1. The minimum atomic E-state index is -0.462. The van der Waals surface area contributed by atoms with E-state index in [1.54, 1.807) is 0 Å². The molecule has 2 aromatic carbocycles. The van der Waals surface area contributed by atoms with Gasteiger partial charge in [-0.15, -0.1) is 0 Å². The lowest BCUT2D eigenvalue weighted by atomic mass is 9.87. The molecular formula is C24H31BrN2O4. The predicted octanol–water partition coefficient (Wildman–Crippen LogP) is 4.78. The monoisotopic (exact) mass is 490 g/mol. The van der Waals surface area contributed by atoms with Crippen LogP contribution in [0.5, 0.6) is 11.5 Å². The van der Waals surface area contributed by atoms with Gasteiger partial charge in [0.25, 0.3) is 11.8 Å². The van der Waals surface area contributed by atoms with Gasteiger partial charge in [0.1, 0.15) is 11.5 Å². The van der Waals surface area contributed by atoms with Crippen LogP contribution >= 0.6 is 15.9 Å². The minimum Gasteiger partial charge on any atom is -0.484 e. The van der Waals surface area contributed by atoms with Gasteiger partial charge in [-0.25, -0.2) is 0 Å². The van der Waals surface area contributed by atoms with Crippen molar-refractivity contribution in [2.45, 2.75) is 52.9 Å². The van der Waals surface area contributed by atoms with Crippen LogP contribution in [0.15, 0.2) is 40.9 Å². The standard InChI is InChI=1S/C24H31BrN2O4/c1-15(2)19-12-20(25)16(3)11-21(19)31-14-23(29)27-26-22(28)13-30-18-9-7-17(8-10-18)24(4,5)6/h7-12,15H,13-14H2,1-6H3,(H,26,28)(H,27,29). The topological polar surface area (TPSA) is 76.7 Å². The zero-order valence-corrected chi connectivity index (χ0v) is 20.6. The van der Waals surface area contributed by atoms with Crippen LogP contribution in [-0.2, 0) is 15.0 Å². The van der Waals surface area contributed by atoms with Gasteiger partial charge in [0.05, 0.1) is 0 Å². The molecule has 0 aromatic heterocycles. The number of aryl methyl sites for hydroxylation is 1. The molecule has 0 aliphatic rings. The second-order valence-electron chi connectivity index (χ2n) is 8.74.